The summed E-state index contributed by atoms with van der Waals surface area (Å²) >= 11 is 12.3. The highest BCUT2D eigenvalue weighted by Gasteiger charge is 2.40. The molecule has 0 fully saturated rings. The van der Waals surface area contributed by atoms with E-state index in [4.69, 9.17) is 32.7 Å². The van der Waals surface area contributed by atoms with Gasteiger partial charge in [-0.25, -0.2) is 0 Å². The number of hydrogen-bond donors (Lipinski definition) is 1. The lowest BCUT2D eigenvalue weighted by Gasteiger charge is -2.15. The van der Waals surface area contributed by atoms with Gasteiger partial charge in [-0.2, -0.15) is 0 Å². The molecule has 3 rings (SSSR count). The van der Waals surface area contributed by atoms with Crippen LogP contribution in [0.2, 0.25) is 10.0 Å². The molecule has 0 bridgehead atoms. The Kier molecular flexibility index (Phi) is 6.47. The van der Waals surface area contributed by atoms with Crippen LogP contribution in [-0.4, -0.2) is 44.1 Å². The van der Waals surface area contributed by atoms with E-state index in [-0.39, 0.29) is 29.4 Å². The second kappa shape index (κ2) is 8.86. The van der Waals surface area contributed by atoms with Crippen molar-refractivity contribution in [1.82, 2.24) is 4.90 Å². The molecule has 0 spiro atoms. The summed E-state index contributed by atoms with van der Waals surface area (Å²) in [5, 5.41) is 3.80. The number of amides is 2. The molecule has 0 atom stereocenters. The molecule has 0 aromatic heterocycles. The van der Waals surface area contributed by atoms with Crippen LogP contribution in [0.4, 0.5) is 5.69 Å². The van der Waals surface area contributed by atoms with E-state index in [0.29, 0.717) is 22.0 Å². The Bertz CT molecular complexity index is 1000. The van der Waals surface area contributed by atoms with E-state index in [0.717, 1.165) is 10.5 Å². The Hall–Kier alpha value is -2.54. The minimum absolute atomic E-state index is 0.124. The van der Waals surface area contributed by atoms with Crippen LogP contribution in [0.15, 0.2) is 42.1 Å². The number of nitrogens with zero attached hydrogens (tertiary/aromatic N) is 1. The van der Waals surface area contributed by atoms with Crippen molar-refractivity contribution in [2.24, 2.45) is 0 Å². The van der Waals surface area contributed by atoms with Crippen molar-refractivity contribution in [2.75, 3.05) is 32.7 Å². The summed E-state index contributed by atoms with van der Waals surface area (Å²) in [5.41, 5.74) is 2.26. The zero-order valence-electron chi connectivity index (χ0n) is 16.2. The van der Waals surface area contributed by atoms with Crippen LogP contribution in [0.25, 0.3) is 5.57 Å². The van der Waals surface area contributed by atoms with Gasteiger partial charge in [-0.3, -0.25) is 14.5 Å². The molecule has 1 aliphatic heterocycles. The number of methoxy groups -OCH3 is 2. The summed E-state index contributed by atoms with van der Waals surface area (Å²) in [6.07, 6.45) is 0. The second-order valence-corrected chi connectivity index (χ2v) is 7.30. The van der Waals surface area contributed by atoms with Crippen LogP contribution in [0.1, 0.15) is 11.1 Å². The average molecular weight is 435 g/mol. The summed E-state index contributed by atoms with van der Waals surface area (Å²) < 4.78 is 10.4. The fraction of sp³-hybridized carbons (Fsp3) is 0.238. The predicted molar refractivity (Wildman–Crippen MR) is 113 cm³/mol. The molecule has 2 amide bonds. The molecule has 2 aromatic carbocycles. The van der Waals surface area contributed by atoms with Crippen molar-refractivity contribution in [3.05, 3.63) is 63.3 Å². The quantitative estimate of drug-likeness (QED) is 0.662. The van der Waals surface area contributed by atoms with Gasteiger partial charge < -0.3 is 14.8 Å². The standard InChI is InChI=1S/C21H20Cl2N2O4/c1-12-4-7-17(29-3)16(10-12)24-19-18(14-6-5-13(22)11-15(14)23)20(26)25(21(19)27)8-9-28-2/h4-7,10-11,24H,8-9H2,1-3H3. The highest BCUT2D eigenvalue weighted by atomic mass is 35.5. The van der Waals surface area contributed by atoms with Crippen molar-refractivity contribution in [1.29, 1.82) is 0 Å². The fourth-order valence-corrected chi connectivity index (χ4v) is 3.58. The molecular weight excluding hydrogens is 415 g/mol. The molecule has 0 unspecified atom stereocenters. The van der Waals surface area contributed by atoms with E-state index in [1.165, 1.54) is 20.3 Å². The summed E-state index contributed by atoms with van der Waals surface area (Å²) in [4.78, 5) is 27.3. The van der Waals surface area contributed by atoms with Crippen LogP contribution in [0.5, 0.6) is 5.75 Å². The van der Waals surface area contributed by atoms with Gasteiger partial charge >= 0.3 is 0 Å². The van der Waals surface area contributed by atoms with Crippen molar-refractivity contribution in [3.63, 3.8) is 0 Å². The summed E-state index contributed by atoms with van der Waals surface area (Å²) in [5.74, 6) is -0.373. The number of ether oxygens (including phenoxy) is 2. The Balaban J connectivity index is 2.13. The van der Waals surface area contributed by atoms with E-state index in [1.54, 1.807) is 18.2 Å². The molecule has 8 heteroatoms. The minimum Gasteiger partial charge on any atom is -0.495 e. The Morgan fingerprint density at radius 2 is 1.79 bits per heavy atom. The molecule has 0 radical (unpaired) electrons. The van der Waals surface area contributed by atoms with Gasteiger partial charge in [0.05, 0.1) is 36.5 Å². The van der Waals surface area contributed by atoms with E-state index >= 15 is 0 Å². The van der Waals surface area contributed by atoms with Gasteiger partial charge in [0, 0.05) is 17.7 Å². The van der Waals surface area contributed by atoms with Gasteiger partial charge in [0.25, 0.3) is 11.8 Å². The summed E-state index contributed by atoms with van der Waals surface area (Å²) in [6, 6.07) is 10.3. The van der Waals surface area contributed by atoms with Crippen LogP contribution < -0.4 is 10.1 Å². The molecule has 152 valence electrons. The Morgan fingerprint density at radius 1 is 1.03 bits per heavy atom. The lowest BCUT2D eigenvalue weighted by Crippen LogP contribution is -2.35. The van der Waals surface area contributed by atoms with Crippen molar-refractivity contribution in [2.45, 2.75) is 6.92 Å². The van der Waals surface area contributed by atoms with Gasteiger partial charge in [-0.1, -0.05) is 35.3 Å². The van der Waals surface area contributed by atoms with E-state index in [9.17, 15) is 9.59 Å². The molecule has 0 saturated carbocycles. The molecule has 1 heterocycles. The maximum atomic E-state index is 13.1. The number of halogens is 2. The van der Waals surface area contributed by atoms with Gasteiger partial charge in [0.15, 0.2) is 0 Å². The third-order valence-electron chi connectivity index (χ3n) is 4.50. The number of imide groups is 1. The van der Waals surface area contributed by atoms with Crippen LogP contribution >= 0.6 is 23.2 Å². The molecule has 29 heavy (non-hydrogen) atoms. The largest absolute Gasteiger partial charge is 0.495 e. The van der Waals surface area contributed by atoms with Crippen LogP contribution in [0, 0.1) is 6.92 Å². The third-order valence-corrected chi connectivity index (χ3v) is 5.05. The van der Waals surface area contributed by atoms with Gasteiger partial charge in [-0.05, 0) is 36.8 Å². The number of anilines is 1. The first kappa shape index (κ1) is 21.2. The summed E-state index contributed by atoms with van der Waals surface area (Å²) in [6.45, 7) is 2.27. The number of hydrogen-bond acceptors (Lipinski definition) is 5. The first-order valence-corrected chi connectivity index (χ1v) is 9.59. The van der Waals surface area contributed by atoms with E-state index in [1.807, 2.05) is 19.1 Å². The number of carbonyl (C=O) groups excluding carboxylic acids is 2. The number of benzene rings is 2. The zero-order chi connectivity index (χ0) is 21.1. The molecule has 0 aliphatic carbocycles. The highest BCUT2D eigenvalue weighted by molar-refractivity contribution is 6.41. The van der Waals surface area contributed by atoms with E-state index in [2.05, 4.69) is 5.32 Å². The van der Waals surface area contributed by atoms with Crippen molar-refractivity contribution < 1.29 is 19.1 Å². The van der Waals surface area contributed by atoms with Crippen molar-refractivity contribution >= 4 is 46.3 Å². The average Bonchev–Trinajstić information content (AvgIpc) is 2.90. The normalized spacial score (nSPS) is 14.0. The molecule has 1 N–H and O–H groups in total. The number of nitrogens with one attached hydrogen (secondary N) is 1. The molecule has 6 nitrogen and oxygen atoms in total. The third kappa shape index (κ3) is 4.24. The number of carbonyl (C=O) groups is 2. The molecule has 2 aromatic rings. The Labute approximate surface area is 179 Å². The lowest BCUT2D eigenvalue weighted by molar-refractivity contribution is -0.137. The fourth-order valence-electron chi connectivity index (χ4n) is 3.07. The maximum absolute atomic E-state index is 13.1. The minimum atomic E-state index is -0.461. The smallest absolute Gasteiger partial charge is 0.278 e. The number of aryl methyl sites for hydroxylation is 1. The monoisotopic (exact) mass is 434 g/mol. The lowest BCUT2D eigenvalue weighted by atomic mass is 10.0. The molecular formula is C21H20Cl2N2O4. The highest BCUT2D eigenvalue weighted by Crippen LogP contribution is 2.37. The van der Waals surface area contributed by atoms with Crippen LogP contribution in [0.3, 0.4) is 0 Å². The van der Waals surface area contributed by atoms with Gasteiger partial charge in [0.2, 0.25) is 0 Å². The SMILES string of the molecule is COCCN1C(=O)C(Nc2cc(C)ccc2OC)=C(c2ccc(Cl)cc2Cl)C1=O. The number of rotatable bonds is 7. The second-order valence-electron chi connectivity index (χ2n) is 6.46. The van der Waals surface area contributed by atoms with Crippen LogP contribution in [-0.2, 0) is 14.3 Å². The Morgan fingerprint density at radius 3 is 2.45 bits per heavy atom. The van der Waals surface area contributed by atoms with E-state index < -0.39 is 11.8 Å². The van der Waals surface area contributed by atoms with Crippen molar-refractivity contribution in [3.8, 4) is 5.75 Å². The first-order valence-electron chi connectivity index (χ1n) is 8.84. The first-order chi connectivity index (χ1) is 13.9. The molecule has 1 aliphatic rings. The zero-order valence-corrected chi connectivity index (χ0v) is 17.7. The van der Waals surface area contributed by atoms with Gasteiger partial charge in [0.1, 0.15) is 11.4 Å². The molecule has 0 saturated heterocycles. The summed E-state index contributed by atoms with van der Waals surface area (Å²) in [7, 11) is 3.04. The maximum Gasteiger partial charge on any atom is 0.278 e. The van der Waals surface area contributed by atoms with Gasteiger partial charge in [-0.15, -0.1) is 0 Å². The topological polar surface area (TPSA) is 67.9 Å². The predicted octanol–water partition coefficient (Wildman–Crippen LogP) is 4.15.